The summed E-state index contributed by atoms with van der Waals surface area (Å²) in [6.07, 6.45) is 0.253. The molecule has 1 heterocycles. The van der Waals surface area contributed by atoms with Gasteiger partial charge in [0.15, 0.2) is 0 Å². The van der Waals surface area contributed by atoms with Gasteiger partial charge in [0, 0.05) is 46.1 Å². The van der Waals surface area contributed by atoms with E-state index in [1.165, 1.54) is 0 Å². The van der Waals surface area contributed by atoms with E-state index >= 15 is 0 Å². The van der Waals surface area contributed by atoms with Crippen LogP contribution in [0.25, 0.3) is 0 Å². The van der Waals surface area contributed by atoms with Crippen molar-refractivity contribution in [1.82, 2.24) is 9.80 Å². The van der Waals surface area contributed by atoms with Gasteiger partial charge in [-0.05, 0) is 19.1 Å². The van der Waals surface area contributed by atoms with Gasteiger partial charge in [0.1, 0.15) is 5.75 Å². The Morgan fingerprint density at radius 3 is 2.65 bits per heavy atom. The molecule has 2 rings (SSSR count). The number of carbonyl (C=O) groups excluding carboxylic acids is 2. The van der Waals surface area contributed by atoms with Gasteiger partial charge in [-0.1, -0.05) is 12.1 Å². The van der Waals surface area contributed by atoms with Gasteiger partial charge < -0.3 is 19.7 Å². The Morgan fingerprint density at radius 2 is 1.96 bits per heavy atom. The van der Waals surface area contributed by atoms with Crippen LogP contribution in [0, 0.1) is 0 Å². The van der Waals surface area contributed by atoms with Crippen molar-refractivity contribution in [2.24, 2.45) is 0 Å². The van der Waals surface area contributed by atoms with Gasteiger partial charge in [-0.15, -0.1) is 0 Å². The van der Waals surface area contributed by atoms with Crippen LogP contribution in [0.15, 0.2) is 24.3 Å². The second kappa shape index (κ2) is 10.8. The summed E-state index contributed by atoms with van der Waals surface area (Å²) in [7, 11) is 0. The number of para-hydroxylation sites is 2. The molecule has 0 atom stereocenters. The number of ether oxygens (including phenoxy) is 2. The van der Waals surface area contributed by atoms with Crippen molar-refractivity contribution in [2.45, 2.75) is 20.3 Å². The molecule has 0 unspecified atom stereocenters. The Balaban J connectivity index is 1.80. The van der Waals surface area contributed by atoms with E-state index < -0.39 is 0 Å². The molecule has 1 N–H and O–H groups in total. The minimum absolute atomic E-state index is 0.0132. The first-order valence-electron chi connectivity index (χ1n) is 9.17. The topological polar surface area (TPSA) is 71.1 Å². The first kappa shape index (κ1) is 20.2. The number of amides is 2. The maximum absolute atomic E-state index is 12.3. The molecule has 0 aliphatic carbocycles. The summed E-state index contributed by atoms with van der Waals surface area (Å²) in [5.74, 6) is 0.509. The van der Waals surface area contributed by atoms with Gasteiger partial charge in [0.05, 0.1) is 25.5 Å². The van der Waals surface area contributed by atoms with Gasteiger partial charge in [0.2, 0.25) is 11.8 Å². The number of carbonyl (C=O) groups is 2. The highest BCUT2D eigenvalue weighted by atomic mass is 16.5. The number of morpholine rings is 1. The highest BCUT2D eigenvalue weighted by Gasteiger charge is 2.15. The van der Waals surface area contributed by atoms with Crippen molar-refractivity contribution in [2.75, 3.05) is 57.9 Å². The van der Waals surface area contributed by atoms with Crippen molar-refractivity contribution in [3.63, 3.8) is 0 Å². The number of benzene rings is 1. The maximum atomic E-state index is 12.3. The maximum Gasteiger partial charge on any atom is 0.226 e. The molecule has 1 aromatic rings. The van der Waals surface area contributed by atoms with Crippen LogP contribution < -0.4 is 10.1 Å². The van der Waals surface area contributed by atoms with E-state index in [1.54, 1.807) is 11.8 Å². The molecule has 0 bridgehead atoms. The molecule has 1 aromatic carbocycles. The smallest absolute Gasteiger partial charge is 0.226 e. The Hall–Kier alpha value is -2.12. The number of nitrogens with zero attached hydrogens (tertiary/aromatic N) is 2. The Labute approximate surface area is 155 Å². The molecule has 0 saturated carbocycles. The van der Waals surface area contributed by atoms with Crippen LogP contribution in [0.5, 0.6) is 5.75 Å². The van der Waals surface area contributed by atoms with Gasteiger partial charge in [-0.25, -0.2) is 0 Å². The third-order valence-electron chi connectivity index (χ3n) is 4.30. The van der Waals surface area contributed by atoms with E-state index in [2.05, 4.69) is 10.2 Å². The summed E-state index contributed by atoms with van der Waals surface area (Å²) in [6.45, 7) is 9.06. The predicted octanol–water partition coefficient (Wildman–Crippen LogP) is 1.59. The van der Waals surface area contributed by atoms with Crippen LogP contribution in [-0.4, -0.2) is 74.2 Å². The van der Waals surface area contributed by atoms with E-state index in [4.69, 9.17) is 9.47 Å². The molecule has 7 nitrogen and oxygen atoms in total. The van der Waals surface area contributed by atoms with Crippen molar-refractivity contribution < 1.29 is 19.1 Å². The van der Waals surface area contributed by atoms with E-state index in [9.17, 15) is 9.59 Å². The molecular formula is C19H29N3O4. The molecule has 1 saturated heterocycles. The van der Waals surface area contributed by atoms with Crippen molar-refractivity contribution in [3.05, 3.63) is 24.3 Å². The average Bonchev–Trinajstić information content (AvgIpc) is 2.64. The lowest BCUT2D eigenvalue weighted by atomic mass is 10.2. The highest BCUT2D eigenvalue weighted by molar-refractivity contribution is 5.92. The summed E-state index contributed by atoms with van der Waals surface area (Å²) in [5.41, 5.74) is 0.655. The highest BCUT2D eigenvalue weighted by Crippen LogP contribution is 2.23. The van der Waals surface area contributed by atoms with Crippen molar-refractivity contribution >= 4 is 17.5 Å². The normalized spacial score (nSPS) is 14.7. The quantitative estimate of drug-likeness (QED) is 0.722. The zero-order chi connectivity index (χ0) is 18.8. The van der Waals surface area contributed by atoms with Gasteiger partial charge in [-0.2, -0.15) is 0 Å². The van der Waals surface area contributed by atoms with E-state index in [0.29, 0.717) is 31.1 Å². The third-order valence-corrected chi connectivity index (χ3v) is 4.30. The van der Waals surface area contributed by atoms with Crippen LogP contribution >= 0.6 is 0 Å². The van der Waals surface area contributed by atoms with Crippen LogP contribution in [0.2, 0.25) is 0 Å². The molecule has 0 spiro atoms. The molecule has 26 heavy (non-hydrogen) atoms. The molecule has 0 radical (unpaired) electrons. The lowest BCUT2D eigenvalue weighted by Gasteiger charge is -2.29. The third kappa shape index (κ3) is 6.65. The summed E-state index contributed by atoms with van der Waals surface area (Å²) < 4.78 is 10.8. The molecule has 7 heteroatoms. The first-order valence-corrected chi connectivity index (χ1v) is 9.17. The monoisotopic (exact) mass is 363 g/mol. The van der Waals surface area contributed by atoms with E-state index in [1.807, 2.05) is 31.2 Å². The average molecular weight is 363 g/mol. The van der Waals surface area contributed by atoms with Gasteiger partial charge in [0.25, 0.3) is 0 Å². The SMILES string of the molecule is CCOc1ccccc1NC(=O)CCN(CCN1CCOCC1)C(C)=O. The Morgan fingerprint density at radius 1 is 1.23 bits per heavy atom. The number of rotatable bonds is 9. The molecule has 1 fully saturated rings. The number of hydrogen-bond acceptors (Lipinski definition) is 5. The zero-order valence-corrected chi connectivity index (χ0v) is 15.7. The van der Waals surface area contributed by atoms with E-state index in [-0.39, 0.29) is 18.2 Å². The fourth-order valence-corrected chi connectivity index (χ4v) is 2.81. The van der Waals surface area contributed by atoms with Crippen molar-refractivity contribution in [3.8, 4) is 5.75 Å². The zero-order valence-electron chi connectivity index (χ0n) is 15.7. The number of anilines is 1. The molecular weight excluding hydrogens is 334 g/mol. The molecule has 1 aliphatic heterocycles. The summed E-state index contributed by atoms with van der Waals surface area (Å²) in [5, 5.41) is 2.87. The van der Waals surface area contributed by atoms with Crippen molar-refractivity contribution in [1.29, 1.82) is 0 Å². The molecule has 2 amide bonds. The van der Waals surface area contributed by atoms with Gasteiger partial charge in [-0.3, -0.25) is 14.5 Å². The molecule has 0 aromatic heterocycles. The van der Waals surface area contributed by atoms with E-state index in [0.717, 1.165) is 32.8 Å². The van der Waals surface area contributed by atoms with Gasteiger partial charge >= 0.3 is 0 Å². The second-order valence-corrected chi connectivity index (χ2v) is 6.19. The lowest BCUT2D eigenvalue weighted by molar-refractivity contribution is -0.129. The molecule has 1 aliphatic rings. The fraction of sp³-hybridized carbons (Fsp3) is 0.579. The number of nitrogens with one attached hydrogen (secondary N) is 1. The molecule has 144 valence electrons. The van der Waals surface area contributed by atoms with Crippen LogP contribution in [0.3, 0.4) is 0 Å². The Kier molecular flexibility index (Phi) is 8.37. The van der Waals surface area contributed by atoms with Crippen LogP contribution in [0.1, 0.15) is 20.3 Å². The minimum atomic E-state index is -0.130. The lowest BCUT2D eigenvalue weighted by Crippen LogP contribution is -2.43. The van der Waals surface area contributed by atoms with Crippen LogP contribution in [-0.2, 0) is 14.3 Å². The second-order valence-electron chi connectivity index (χ2n) is 6.19. The minimum Gasteiger partial charge on any atom is -0.492 e. The van der Waals surface area contributed by atoms with Crippen LogP contribution in [0.4, 0.5) is 5.69 Å². The first-order chi connectivity index (χ1) is 12.6. The Bertz CT molecular complexity index is 588. The number of hydrogen-bond donors (Lipinski definition) is 1. The largest absolute Gasteiger partial charge is 0.492 e. The standard InChI is InChI=1S/C19H29N3O4/c1-3-26-18-7-5-4-6-17(18)20-19(24)8-9-22(16(2)23)11-10-21-12-14-25-15-13-21/h4-7H,3,8-15H2,1-2H3,(H,20,24). The summed E-state index contributed by atoms with van der Waals surface area (Å²) in [4.78, 5) is 28.1. The predicted molar refractivity (Wildman–Crippen MR) is 100 cm³/mol. The summed E-state index contributed by atoms with van der Waals surface area (Å²) in [6, 6.07) is 7.35. The summed E-state index contributed by atoms with van der Waals surface area (Å²) >= 11 is 0. The fourth-order valence-electron chi connectivity index (χ4n) is 2.81.